The molecule has 0 atom stereocenters. The standard InChI is InChI=1S/C41H28N4S/c1-5-13-27(14-6-1)31-21-22-36-32(23-31)33-24-38-35(43-41(46-38)30-19-11-4-12-20-30)25-37(33)45(36)39-26-34(28-15-7-2-8-16-28)42-40(44-39)29-17-9-3-10-18-29/h2-5,7-26H,1,6H2. The Labute approximate surface area is 270 Å². The van der Waals surface area contributed by atoms with E-state index >= 15 is 0 Å². The van der Waals surface area contributed by atoms with E-state index in [0.29, 0.717) is 5.82 Å². The monoisotopic (exact) mass is 608 g/mol. The molecule has 5 aromatic carbocycles. The number of nitrogens with zero attached hydrogens (tertiary/aromatic N) is 4. The summed E-state index contributed by atoms with van der Waals surface area (Å²) in [6.07, 6.45) is 9.03. The molecule has 0 aliphatic heterocycles. The molecule has 0 bridgehead atoms. The highest BCUT2D eigenvalue weighted by Crippen LogP contribution is 2.40. The van der Waals surface area contributed by atoms with Crippen LogP contribution in [0.15, 0.2) is 146 Å². The molecule has 0 saturated carbocycles. The lowest BCUT2D eigenvalue weighted by Gasteiger charge is -2.12. The lowest BCUT2D eigenvalue weighted by atomic mass is 9.98. The van der Waals surface area contributed by atoms with Gasteiger partial charge in [-0.1, -0.05) is 115 Å². The number of fused-ring (bicyclic) bond motifs is 4. The summed E-state index contributed by atoms with van der Waals surface area (Å²) in [5, 5.41) is 3.41. The summed E-state index contributed by atoms with van der Waals surface area (Å²) >= 11 is 1.74. The Morgan fingerprint density at radius 1 is 0.565 bits per heavy atom. The zero-order chi connectivity index (χ0) is 30.5. The fourth-order valence-electron chi connectivity index (χ4n) is 6.42. The van der Waals surface area contributed by atoms with Crippen molar-refractivity contribution < 1.29 is 0 Å². The summed E-state index contributed by atoms with van der Waals surface area (Å²) in [5.41, 5.74) is 9.73. The minimum atomic E-state index is 0.696. The van der Waals surface area contributed by atoms with E-state index in [-0.39, 0.29) is 0 Å². The first-order valence-corrected chi connectivity index (χ1v) is 16.4. The summed E-state index contributed by atoms with van der Waals surface area (Å²) in [4.78, 5) is 15.4. The average Bonchev–Trinajstić information content (AvgIpc) is 3.70. The molecule has 1 aliphatic rings. The lowest BCUT2D eigenvalue weighted by Crippen LogP contribution is -2.02. The van der Waals surface area contributed by atoms with Crippen molar-refractivity contribution in [3.8, 4) is 39.0 Å². The second kappa shape index (κ2) is 11.1. The van der Waals surface area contributed by atoms with Gasteiger partial charge in [0.25, 0.3) is 0 Å². The maximum Gasteiger partial charge on any atom is 0.162 e. The fourth-order valence-corrected chi connectivity index (χ4v) is 7.41. The minimum absolute atomic E-state index is 0.696. The van der Waals surface area contributed by atoms with Crippen molar-refractivity contribution in [1.82, 2.24) is 19.5 Å². The highest BCUT2D eigenvalue weighted by Gasteiger charge is 2.19. The van der Waals surface area contributed by atoms with E-state index in [1.54, 1.807) is 11.3 Å². The molecule has 3 aromatic heterocycles. The van der Waals surface area contributed by atoms with Gasteiger partial charge in [-0.05, 0) is 48.2 Å². The molecule has 0 spiro atoms. The van der Waals surface area contributed by atoms with Crippen LogP contribution in [0.4, 0.5) is 0 Å². The molecule has 4 nitrogen and oxygen atoms in total. The van der Waals surface area contributed by atoms with Crippen LogP contribution in [0.1, 0.15) is 18.4 Å². The van der Waals surface area contributed by atoms with E-state index in [1.807, 2.05) is 30.3 Å². The van der Waals surface area contributed by atoms with Crippen LogP contribution < -0.4 is 0 Å². The van der Waals surface area contributed by atoms with Crippen LogP contribution in [0.3, 0.4) is 0 Å². The van der Waals surface area contributed by atoms with Crippen LogP contribution in [-0.4, -0.2) is 19.5 Å². The van der Waals surface area contributed by atoms with Crippen molar-refractivity contribution in [3.63, 3.8) is 0 Å². The Kier molecular flexibility index (Phi) is 6.42. The summed E-state index contributed by atoms with van der Waals surface area (Å²) in [6, 6.07) is 44.5. The summed E-state index contributed by atoms with van der Waals surface area (Å²) in [7, 11) is 0. The van der Waals surface area contributed by atoms with E-state index < -0.39 is 0 Å². The van der Waals surface area contributed by atoms with Gasteiger partial charge >= 0.3 is 0 Å². The van der Waals surface area contributed by atoms with Gasteiger partial charge in [-0.2, -0.15) is 0 Å². The summed E-state index contributed by atoms with van der Waals surface area (Å²) in [5.74, 6) is 1.53. The third-order valence-electron chi connectivity index (χ3n) is 8.67. The third kappa shape index (κ3) is 4.64. The van der Waals surface area contributed by atoms with Gasteiger partial charge in [0.2, 0.25) is 0 Å². The van der Waals surface area contributed by atoms with Gasteiger partial charge in [0.05, 0.1) is 26.9 Å². The first kappa shape index (κ1) is 26.7. The molecule has 218 valence electrons. The van der Waals surface area contributed by atoms with Gasteiger partial charge in [-0.3, -0.25) is 4.57 Å². The molecule has 3 heterocycles. The van der Waals surface area contributed by atoms with Gasteiger partial charge < -0.3 is 0 Å². The van der Waals surface area contributed by atoms with Crippen LogP contribution in [-0.2, 0) is 0 Å². The molecule has 46 heavy (non-hydrogen) atoms. The Bertz CT molecular complexity index is 2400. The second-order valence-corrected chi connectivity index (χ2v) is 12.6. The number of rotatable bonds is 5. The number of thiazole rings is 1. The number of allylic oxidation sites excluding steroid dienone is 4. The Hall–Kier alpha value is -5.65. The summed E-state index contributed by atoms with van der Waals surface area (Å²) in [6.45, 7) is 0. The van der Waals surface area contributed by atoms with Crippen LogP contribution in [0.2, 0.25) is 0 Å². The van der Waals surface area contributed by atoms with Gasteiger partial charge in [0.15, 0.2) is 5.82 Å². The van der Waals surface area contributed by atoms with E-state index in [1.165, 1.54) is 26.6 Å². The Morgan fingerprint density at radius 2 is 1.28 bits per heavy atom. The molecule has 0 fully saturated rings. The van der Waals surface area contributed by atoms with E-state index in [4.69, 9.17) is 15.0 Å². The van der Waals surface area contributed by atoms with Crippen molar-refractivity contribution >= 4 is 48.9 Å². The average molecular weight is 609 g/mol. The van der Waals surface area contributed by atoms with Crippen molar-refractivity contribution in [2.24, 2.45) is 0 Å². The van der Waals surface area contributed by atoms with Gasteiger partial charge in [0, 0.05) is 33.5 Å². The molecule has 0 saturated heterocycles. The maximum absolute atomic E-state index is 5.23. The first-order chi connectivity index (χ1) is 22.8. The molecule has 0 amide bonds. The zero-order valence-corrected chi connectivity index (χ0v) is 25.8. The minimum Gasteiger partial charge on any atom is -0.294 e. The highest BCUT2D eigenvalue weighted by molar-refractivity contribution is 7.21. The van der Waals surface area contributed by atoms with Gasteiger partial charge in [0.1, 0.15) is 10.8 Å². The number of hydrogen-bond donors (Lipinski definition) is 0. The van der Waals surface area contributed by atoms with E-state index in [2.05, 4.69) is 120 Å². The molecule has 0 radical (unpaired) electrons. The maximum atomic E-state index is 5.23. The van der Waals surface area contributed by atoms with Crippen molar-refractivity contribution in [3.05, 3.63) is 151 Å². The molecule has 5 heteroatoms. The fraction of sp³-hybridized carbons (Fsp3) is 0.0488. The Morgan fingerprint density at radius 3 is 2.02 bits per heavy atom. The third-order valence-corrected chi connectivity index (χ3v) is 9.73. The molecule has 1 aliphatic carbocycles. The predicted molar refractivity (Wildman–Crippen MR) is 192 cm³/mol. The number of benzene rings is 5. The van der Waals surface area contributed by atoms with Gasteiger partial charge in [-0.25, -0.2) is 15.0 Å². The molecular weight excluding hydrogens is 581 g/mol. The highest BCUT2D eigenvalue weighted by atomic mass is 32.1. The SMILES string of the molecule is C1=CC(c2ccc3c(c2)c2cc4sc(-c5ccccc5)nc4cc2n3-c2cc(-c3ccccc3)nc(-c3ccccc3)n2)=CCC1. The van der Waals surface area contributed by atoms with Crippen LogP contribution >= 0.6 is 11.3 Å². The molecule has 8 aromatic rings. The number of hydrogen-bond acceptors (Lipinski definition) is 4. The number of aromatic nitrogens is 4. The predicted octanol–water partition coefficient (Wildman–Crippen LogP) is 10.9. The smallest absolute Gasteiger partial charge is 0.162 e. The topological polar surface area (TPSA) is 43.6 Å². The van der Waals surface area contributed by atoms with E-state index in [9.17, 15) is 0 Å². The van der Waals surface area contributed by atoms with Crippen molar-refractivity contribution in [2.75, 3.05) is 0 Å². The van der Waals surface area contributed by atoms with Crippen LogP contribution in [0.5, 0.6) is 0 Å². The second-order valence-electron chi connectivity index (χ2n) is 11.6. The molecular formula is C41H28N4S. The Balaban J connectivity index is 1.34. The lowest BCUT2D eigenvalue weighted by molar-refractivity contribution is 1.04. The van der Waals surface area contributed by atoms with Crippen LogP contribution in [0.25, 0.3) is 76.6 Å². The van der Waals surface area contributed by atoms with Gasteiger partial charge in [-0.15, -0.1) is 11.3 Å². The molecule has 9 rings (SSSR count). The molecule has 0 unspecified atom stereocenters. The molecule has 0 N–H and O–H groups in total. The largest absolute Gasteiger partial charge is 0.294 e. The first-order valence-electron chi connectivity index (χ1n) is 15.6. The van der Waals surface area contributed by atoms with Crippen LogP contribution in [0, 0.1) is 0 Å². The normalized spacial score (nSPS) is 13.1. The van der Waals surface area contributed by atoms with Crippen molar-refractivity contribution in [1.29, 1.82) is 0 Å². The summed E-state index contributed by atoms with van der Waals surface area (Å²) < 4.78 is 3.46. The quantitative estimate of drug-likeness (QED) is 0.195. The zero-order valence-electron chi connectivity index (χ0n) is 25.0. The van der Waals surface area contributed by atoms with E-state index in [0.717, 1.165) is 62.6 Å². The van der Waals surface area contributed by atoms with Crippen molar-refractivity contribution in [2.45, 2.75) is 12.8 Å².